The van der Waals surface area contributed by atoms with Crippen molar-refractivity contribution in [3.05, 3.63) is 58.8 Å². The normalized spacial score (nSPS) is 18.5. The molecule has 3 aromatic rings. The first kappa shape index (κ1) is 23.7. The van der Waals surface area contributed by atoms with Gasteiger partial charge in [0.2, 0.25) is 15.9 Å². The van der Waals surface area contributed by atoms with Crippen LogP contribution in [0.1, 0.15) is 31.5 Å². The number of nitrogens with zero attached hydrogens (tertiary/aromatic N) is 4. The second-order valence-corrected chi connectivity index (χ2v) is 11.8. The number of hydrogen-bond acceptors (Lipinski definition) is 6. The van der Waals surface area contributed by atoms with Crippen molar-refractivity contribution in [3.8, 4) is 5.88 Å². The Bertz CT molecular complexity index is 1240. The number of fused-ring (bicyclic) bond motifs is 1. The van der Waals surface area contributed by atoms with Crippen molar-refractivity contribution < 1.29 is 13.2 Å². The van der Waals surface area contributed by atoms with Crippen molar-refractivity contribution in [3.63, 3.8) is 0 Å². The summed E-state index contributed by atoms with van der Waals surface area (Å²) in [6.45, 7) is 3.12. The molecule has 0 spiro atoms. The first-order valence-corrected chi connectivity index (χ1v) is 14.1. The van der Waals surface area contributed by atoms with E-state index in [0.717, 1.165) is 40.6 Å². The number of piperazine rings is 1. The Labute approximate surface area is 209 Å². The third kappa shape index (κ3) is 5.27. The molecular weight excluding hydrogens is 516 g/mol. The summed E-state index contributed by atoms with van der Waals surface area (Å²) in [7, 11) is -3.47. The maximum atomic E-state index is 12.9. The molecular formula is C25H29BrN4O3S. The van der Waals surface area contributed by atoms with Gasteiger partial charge >= 0.3 is 0 Å². The van der Waals surface area contributed by atoms with Gasteiger partial charge in [0.15, 0.2) is 0 Å². The van der Waals surface area contributed by atoms with Crippen LogP contribution in [-0.4, -0.2) is 66.4 Å². The average molecular weight is 546 g/mol. The van der Waals surface area contributed by atoms with Gasteiger partial charge < -0.3 is 9.64 Å². The van der Waals surface area contributed by atoms with Crippen molar-refractivity contribution in [1.82, 2.24) is 19.2 Å². The largest absolute Gasteiger partial charge is 0.474 e. The molecule has 2 aromatic carbocycles. The van der Waals surface area contributed by atoms with Crippen LogP contribution in [0.25, 0.3) is 10.9 Å². The minimum atomic E-state index is -3.47. The number of ether oxygens (including phenoxy) is 1. The first-order valence-electron chi connectivity index (χ1n) is 11.9. The van der Waals surface area contributed by atoms with E-state index >= 15 is 0 Å². The van der Waals surface area contributed by atoms with Crippen LogP contribution in [-0.2, 0) is 16.4 Å². The maximum absolute atomic E-state index is 12.9. The molecule has 1 aromatic heterocycles. The molecule has 0 radical (unpaired) electrons. The molecule has 1 aliphatic heterocycles. The Hall–Kier alpha value is -2.07. The number of sulfonamides is 1. The van der Waals surface area contributed by atoms with E-state index in [0.29, 0.717) is 43.4 Å². The highest BCUT2D eigenvalue weighted by molar-refractivity contribution is 9.10. The fourth-order valence-electron chi connectivity index (χ4n) is 4.67. The molecule has 5 rings (SSSR count). The molecule has 0 atom stereocenters. The van der Waals surface area contributed by atoms with E-state index in [1.54, 1.807) is 28.6 Å². The minimum Gasteiger partial charge on any atom is -0.474 e. The number of para-hydroxylation sites is 1. The van der Waals surface area contributed by atoms with E-state index < -0.39 is 10.0 Å². The number of rotatable bonds is 7. The zero-order valence-corrected chi connectivity index (χ0v) is 21.5. The van der Waals surface area contributed by atoms with Gasteiger partial charge in [-0.05, 0) is 62.1 Å². The topological polar surface area (TPSA) is 75.6 Å². The lowest BCUT2D eigenvalue weighted by atomic mass is 10.2. The summed E-state index contributed by atoms with van der Waals surface area (Å²) < 4.78 is 34.6. The molecule has 0 N–H and O–H groups in total. The molecule has 0 amide bonds. The summed E-state index contributed by atoms with van der Waals surface area (Å²) in [6.07, 6.45) is 5.54. The molecule has 7 nitrogen and oxygen atoms in total. The van der Waals surface area contributed by atoms with Gasteiger partial charge in [-0.25, -0.2) is 13.4 Å². The van der Waals surface area contributed by atoms with Gasteiger partial charge in [0, 0.05) is 43.6 Å². The van der Waals surface area contributed by atoms with Crippen molar-refractivity contribution in [2.75, 3.05) is 32.7 Å². The Morgan fingerprint density at radius 1 is 0.941 bits per heavy atom. The number of hydrogen-bond donors (Lipinski definition) is 0. The summed E-state index contributed by atoms with van der Waals surface area (Å²) >= 11 is 3.36. The molecule has 9 heteroatoms. The standard InChI is InChI=1S/C25H29BrN4O3S/c26-19-9-11-21(12-10-19)34(31,32)30-17-15-29(16-18-30)14-13-24-27-23-8-4-3-7-22(23)25(28-24)33-20-5-1-2-6-20/h3-4,7-12,20H,1-2,5-6,13-18H2. The third-order valence-corrected chi connectivity index (χ3v) is 9.07. The minimum absolute atomic E-state index is 0.243. The summed E-state index contributed by atoms with van der Waals surface area (Å²) in [5.41, 5.74) is 0.908. The third-order valence-electron chi connectivity index (χ3n) is 6.63. The fourth-order valence-corrected chi connectivity index (χ4v) is 6.35. The Morgan fingerprint density at radius 2 is 1.65 bits per heavy atom. The molecule has 0 unspecified atom stereocenters. The van der Waals surface area contributed by atoms with E-state index in [9.17, 15) is 8.42 Å². The van der Waals surface area contributed by atoms with Crippen LogP contribution >= 0.6 is 15.9 Å². The summed E-state index contributed by atoms with van der Waals surface area (Å²) in [6, 6.07) is 14.8. The number of aromatic nitrogens is 2. The van der Waals surface area contributed by atoms with Crippen molar-refractivity contribution in [1.29, 1.82) is 0 Å². The summed E-state index contributed by atoms with van der Waals surface area (Å²) in [4.78, 5) is 12.2. The van der Waals surface area contributed by atoms with Gasteiger partial charge in [-0.15, -0.1) is 0 Å². The molecule has 2 heterocycles. The summed E-state index contributed by atoms with van der Waals surface area (Å²) in [5.74, 6) is 1.47. The second kappa shape index (κ2) is 10.3. The lowest BCUT2D eigenvalue weighted by molar-refractivity contribution is 0.188. The Balaban J connectivity index is 1.22. The first-order chi connectivity index (χ1) is 16.5. The van der Waals surface area contributed by atoms with Gasteiger partial charge in [0.25, 0.3) is 0 Å². The molecule has 180 valence electrons. The van der Waals surface area contributed by atoms with Gasteiger partial charge in [-0.1, -0.05) is 28.1 Å². The van der Waals surface area contributed by atoms with Crippen LogP contribution in [0.15, 0.2) is 57.9 Å². The van der Waals surface area contributed by atoms with Crippen LogP contribution < -0.4 is 4.74 Å². The predicted octanol–water partition coefficient (Wildman–Crippen LogP) is 4.26. The molecule has 2 aliphatic rings. The number of halogens is 1. The van der Waals surface area contributed by atoms with Crippen molar-refractivity contribution in [2.45, 2.75) is 43.1 Å². The molecule has 34 heavy (non-hydrogen) atoms. The van der Waals surface area contributed by atoms with E-state index in [1.807, 2.05) is 24.3 Å². The molecule has 1 saturated heterocycles. The monoisotopic (exact) mass is 544 g/mol. The quantitative estimate of drug-likeness (QED) is 0.442. The molecule has 0 bridgehead atoms. The van der Waals surface area contributed by atoms with E-state index in [-0.39, 0.29) is 6.10 Å². The van der Waals surface area contributed by atoms with Crippen LogP contribution in [0.5, 0.6) is 5.88 Å². The second-order valence-electron chi connectivity index (χ2n) is 8.94. The zero-order chi connectivity index (χ0) is 23.5. The maximum Gasteiger partial charge on any atom is 0.243 e. The lowest BCUT2D eigenvalue weighted by Gasteiger charge is -2.33. The van der Waals surface area contributed by atoms with E-state index in [1.165, 1.54) is 12.8 Å². The average Bonchev–Trinajstić information content (AvgIpc) is 3.36. The molecule has 1 saturated carbocycles. The van der Waals surface area contributed by atoms with Crippen molar-refractivity contribution in [2.24, 2.45) is 0 Å². The number of benzene rings is 2. The lowest BCUT2D eigenvalue weighted by Crippen LogP contribution is -2.49. The van der Waals surface area contributed by atoms with Gasteiger partial charge in [-0.2, -0.15) is 9.29 Å². The SMILES string of the molecule is O=S(=O)(c1ccc(Br)cc1)N1CCN(CCc2nc(OC3CCCC3)c3ccccc3n2)CC1. The molecule has 2 fully saturated rings. The van der Waals surface area contributed by atoms with Gasteiger partial charge in [0.05, 0.1) is 15.8 Å². The summed E-state index contributed by atoms with van der Waals surface area (Å²) in [5, 5.41) is 0.963. The molecule has 1 aliphatic carbocycles. The zero-order valence-electron chi connectivity index (χ0n) is 19.1. The Morgan fingerprint density at radius 3 is 2.38 bits per heavy atom. The van der Waals surface area contributed by atoms with Gasteiger partial charge in [0.1, 0.15) is 11.9 Å². The van der Waals surface area contributed by atoms with E-state index in [2.05, 4.69) is 20.8 Å². The highest BCUT2D eigenvalue weighted by Gasteiger charge is 2.28. The Kier molecular flexibility index (Phi) is 7.15. The van der Waals surface area contributed by atoms with Crippen LogP contribution in [0, 0.1) is 0 Å². The van der Waals surface area contributed by atoms with Crippen LogP contribution in [0.4, 0.5) is 0 Å². The van der Waals surface area contributed by atoms with Gasteiger partial charge in [-0.3, -0.25) is 0 Å². The predicted molar refractivity (Wildman–Crippen MR) is 135 cm³/mol. The smallest absolute Gasteiger partial charge is 0.243 e. The van der Waals surface area contributed by atoms with Crippen LogP contribution in [0.2, 0.25) is 0 Å². The fraction of sp³-hybridized carbons (Fsp3) is 0.440. The van der Waals surface area contributed by atoms with Crippen molar-refractivity contribution >= 4 is 36.9 Å². The highest BCUT2D eigenvalue weighted by Crippen LogP contribution is 2.28. The van der Waals surface area contributed by atoms with Crippen LogP contribution in [0.3, 0.4) is 0 Å². The highest BCUT2D eigenvalue weighted by atomic mass is 79.9. The van der Waals surface area contributed by atoms with E-state index in [4.69, 9.17) is 14.7 Å².